The molecule has 0 aliphatic rings. The Kier molecular flexibility index (Phi) is 7.59. The van der Waals surface area contributed by atoms with E-state index in [-0.39, 0.29) is 23.7 Å². The van der Waals surface area contributed by atoms with Crippen LogP contribution in [0.1, 0.15) is 31.8 Å². The minimum Gasteiger partial charge on any atom is -0.497 e. The van der Waals surface area contributed by atoms with Gasteiger partial charge in [0.2, 0.25) is 0 Å². The van der Waals surface area contributed by atoms with Crippen LogP contribution < -0.4 is 20.1 Å². The highest BCUT2D eigenvalue weighted by molar-refractivity contribution is 6.01. The molecule has 0 fully saturated rings. The summed E-state index contributed by atoms with van der Waals surface area (Å²) in [5.41, 5.74) is 2.05. The van der Waals surface area contributed by atoms with Gasteiger partial charge in [0.25, 0.3) is 17.5 Å². The molecule has 0 aliphatic heterocycles. The Morgan fingerprint density at radius 1 is 0.848 bits per heavy atom. The van der Waals surface area contributed by atoms with E-state index in [1.54, 1.807) is 31.4 Å². The third-order valence-electron chi connectivity index (χ3n) is 4.89. The monoisotopic (exact) mass is 449 g/mol. The van der Waals surface area contributed by atoms with Crippen molar-refractivity contribution in [2.75, 3.05) is 14.2 Å². The predicted octanol–water partition coefficient (Wildman–Crippen LogP) is 3.47. The Hall–Kier alpha value is -4.40. The highest BCUT2D eigenvalue weighted by atomic mass is 16.6. The second-order valence-electron chi connectivity index (χ2n) is 7.06. The molecule has 0 radical (unpaired) electrons. The normalized spacial score (nSPS) is 10.2. The van der Waals surface area contributed by atoms with Crippen molar-refractivity contribution in [1.29, 1.82) is 0 Å². The summed E-state index contributed by atoms with van der Waals surface area (Å²) < 4.78 is 10.5. The molecule has 3 aromatic rings. The Morgan fingerprint density at radius 3 is 2.21 bits per heavy atom. The van der Waals surface area contributed by atoms with Crippen molar-refractivity contribution in [2.24, 2.45) is 0 Å². The number of hydrogen-bond acceptors (Lipinski definition) is 6. The second-order valence-corrected chi connectivity index (χ2v) is 7.06. The lowest BCUT2D eigenvalue weighted by Crippen LogP contribution is -2.26. The molecule has 9 nitrogen and oxygen atoms in total. The van der Waals surface area contributed by atoms with Gasteiger partial charge in [0.05, 0.1) is 24.7 Å². The van der Waals surface area contributed by atoms with E-state index in [1.807, 2.05) is 24.3 Å². The number of carbonyl (C=O) groups excluding carboxylic acids is 2. The molecule has 170 valence electrons. The molecule has 0 atom stereocenters. The quantitative estimate of drug-likeness (QED) is 0.381. The number of benzene rings is 3. The maximum absolute atomic E-state index is 12.8. The van der Waals surface area contributed by atoms with Crippen LogP contribution in [0.4, 0.5) is 5.69 Å². The summed E-state index contributed by atoms with van der Waals surface area (Å²) in [7, 11) is 3.01. The standard InChI is InChI=1S/C24H23N3O6/c1-32-20-5-3-4-17(12-20)15-25-23(28)18-8-11-22(33-2)21(13-18)24(29)26-14-16-6-9-19(10-7-16)27(30)31/h3-13H,14-15H2,1-2H3,(H,25,28)(H,26,29). The molecular formula is C24H23N3O6. The smallest absolute Gasteiger partial charge is 0.269 e. The highest BCUT2D eigenvalue weighted by Gasteiger charge is 2.16. The third-order valence-corrected chi connectivity index (χ3v) is 4.89. The molecule has 3 rings (SSSR count). The molecule has 0 heterocycles. The van der Waals surface area contributed by atoms with Gasteiger partial charge < -0.3 is 20.1 Å². The minimum atomic E-state index is -0.488. The van der Waals surface area contributed by atoms with Gasteiger partial charge in [-0.3, -0.25) is 19.7 Å². The molecule has 0 aliphatic carbocycles. The van der Waals surface area contributed by atoms with Gasteiger partial charge in [0.1, 0.15) is 11.5 Å². The Balaban J connectivity index is 1.67. The number of amides is 2. The zero-order valence-electron chi connectivity index (χ0n) is 18.2. The summed E-state index contributed by atoms with van der Waals surface area (Å²) >= 11 is 0. The zero-order chi connectivity index (χ0) is 23.8. The van der Waals surface area contributed by atoms with E-state index < -0.39 is 10.8 Å². The lowest BCUT2D eigenvalue weighted by molar-refractivity contribution is -0.384. The summed E-state index contributed by atoms with van der Waals surface area (Å²) in [6.07, 6.45) is 0. The lowest BCUT2D eigenvalue weighted by atomic mass is 10.1. The van der Waals surface area contributed by atoms with E-state index in [9.17, 15) is 19.7 Å². The van der Waals surface area contributed by atoms with Gasteiger partial charge in [0.15, 0.2) is 0 Å². The van der Waals surface area contributed by atoms with Gasteiger partial charge >= 0.3 is 0 Å². The van der Waals surface area contributed by atoms with Gasteiger partial charge in [0, 0.05) is 30.8 Å². The number of carbonyl (C=O) groups is 2. The van der Waals surface area contributed by atoms with Gasteiger partial charge in [-0.05, 0) is 41.5 Å². The SMILES string of the molecule is COc1cccc(CNC(=O)c2ccc(OC)c(C(=O)NCc3ccc([N+](=O)[O-])cc3)c2)c1. The fourth-order valence-electron chi connectivity index (χ4n) is 3.11. The summed E-state index contributed by atoms with van der Waals surface area (Å²) in [5, 5.41) is 16.3. The number of nitrogens with zero attached hydrogens (tertiary/aromatic N) is 1. The van der Waals surface area contributed by atoms with Crippen LogP contribution >= 0.6 is 0 Å². The van der Waals surface area contributed by atoms with Crippen molar-refractivity contribution in [3.8, 4) is 11.5 Å². The molecule has 2 amide bonds. The fraction of sp³-hybridized carbons (Fsp3) is 0.167. The van der Waals surface area contributed by atoms with Crippen molar-refractivity contribution in [3.05, 3.63) is 99.1 Å². The van der Waals surface area contributed by atoms with E-state index in [4.69, 9.17) is 9.47 Å². The highest BCUT2D eigenvalue weighted by Crippen LogP contribution is 2.21. The van der Waals surface area contributed by atoms with Crippen molar-refractivity contribution in [1.82, 2.24) is 10.6 Å². The van der Waals surface area contributed by atoms with E-state index in [2.05, 4.69) is 10.6 Å². The minimum absolute atomic E-state index is 0.0283. The average Bonchev–Trinajstić information content (AvgIpc) is 2.85. The van der Waals surface area contributed by atoms with Crippen LogP contribution in [0.2, 0.25) is 0 Å². The molecule has 9 heteroatoms. The van der Waals surface area contributed by atoms with E-state index in [0.29, 0.717) is 29.2 Å². The van der Waals surface area contributed by atoms with Crippen LogP contribution in [0.25, 0.3) is 0 Å². The third kappa shape index (κ3) is 6.07. The van der Waals surface area contributed by atoms with Crippen LogP contribution in [0.5, 0.6) is 11.5 Å². The number of rotatable bonds is 9. The number of hydrogen-bond donors (Lipinski definition) is 2. The fourth-order valence-corrected chi connectivity index (χ4v) is 3.11. The molecule has 2 N–H and O–H groups in total. The molecule has 0 spiro atoms. The van der Waals surface area contributed by atoms with Crippen LogP contribution in [-0.4, -0.2) is 31.0 Å². The molecule has 0 aromatic heterocycles. The summed E-state index contributed by atoms with van der Waals surface area (Å²) in [4.78, 5) is 35.7. The van der Waals surface area contributed by atoms with Crippen LogP contribution in [-0.2, 0) is 13.1 Å². The first-order valence-electron chi connectivity index (χ1n) is 10.0. The largest absolute Gasteiger partial charge is 0.497 e. The molecule has 0 saturated heterocycles. The predicted molar refractivity (Wildman–Crippen MR) is 121 cm³/mol. The molecule has 33 heavy (non-hydrogen) atoms. The summed E-state index contributed by atoms with van der Waals surface area (Å²) in [5.74, 6) is 0.233. The molecule has 0 saturated carbocycles. The van der Waals surface area contributed by atoms with E-state index in [0.717, 1.165) is 5.56 Å². The van der Waals surface area contributed by atoms with Gasteiger partial charge in [-0.15, -0.1) is 0 Å². The number of nitrogens with one attached hydrogen (secondary N) is 2. The Bertz CT molecular complexity index is 1160. The summed E-state index contributed by atoms with van der Waals surface area (Å²) in [6, 6.07) is 17.8. The summed E-state index contributed by atoms with van der Waals surface area (Å²) in [6.45, 7) is 0.454. The molecular weight excluding hydrogens is 426 g/mol. The van der Waals surface area contributed by atoms with Gasteiger partial charge in [-0.1, -0.05) is 24.3 Å². The number of nitro benzene ring substituents is 1. The topological polar surface area (TPSA) is 120 Å². The van der Waals surface area contributed by atoms with E-state index in [1.165, 1.54) is 25.3 Å². The molecule has 3 aromatic carbocycles. The Morgan fingerprint density at radius 2 is 1.55 bits per heavy atom. The average molecular weight is 449 g/mol. The van der Waals surface area contributed by atoms with Crippen LogP contribution in [0.15, 0.2) is 66.7 Å². The first kappa shape index (κ1) is 23.3. The van der Waals surface area contributed by atoms with Crippen LogP contribution in [0.3, 0.4) is 0 Å². The first-order chi connectivity index (χ1) is 15.9. The Labute approximate surface area is 190 Å². The molecule has 0 bridgehead atoms. The second kappa shape index (κ2) is 10.8. The maximum Gasteiger partial charge on any atom is 0.269 e. The molecule has 0 unspecified atom stereocenters. The maximum atomic E-state index is 12.8. The number of non-ortho nitro benzene ring substituents is 1. The number of methoxy groups -OCH3 is 2. The van der Waals surface area contributed by atoms with Gasteiger partial charge in [-0.2, -0.15) is 0 Å². The lowest BCUT2D eigenvalue weighted by Gasteiger charge is -2.12. The number of ether oxygens (including phenoxy) is 2. The number of nitro groups is 1. The van der Waals surface area contributed by atoms with Crippen molar-refractivity contribution in [2.45, 2.75) is 13.1 Å². The van der Waals surface area contributed by atoms with E-state index >= 15 is 0 Å². The van der Waals surface area contributed by atoms with Crippen LogP contribution in [0, 0.1) is 10.1 Å². The zero-order valence-corrected chi connectivity index (χ0v) is 18.2. The van der Waals surface area contributed by atoms with Crippen molar-refractivity contribution in [3.63, 3.8) is 0 Å². The van der Waals surface area contributed by atoms with Gasteiger partial charge in [-0.25, -0.2) is 0 Å². The van der Waals surface area contributed by atoms with Crippen molar-refractivity contribution < 1.29 is 24.0 Å². The first-order valence-corrected chi connectivity index (χ1v) is 10.0. The van der Waals surface area contributed by atoms with Crippen molar-refractivity contribution >= 4 is 17.5 Å².